The molecule has 0 saturated carbocycles. The monoisotopic (exact) mass is 298 g/mol. The van der Waals surface area contributed by atoms with Crippen LogP contribution in [0.4, 0.5) is 0 Å². The molecule has 18 heavy (non-hydrogen) atoms. The Morgan fingerprint density at radius 1 is 1.22 bits per heavy atom. The van der Waals surface area contributed by atoms with Crippen molar-refractivity contribution < 1.29 is 0 Å². The normalized spacial score (nSPS) is 10.4. The highest BCUT2D eigenvalue weighted by Gasteiger charge is 2.09. The number of nitrogens with zero attached hydrogens (tertiary/aromatic N) is 3. The quantitative estimate of drug-likeness (QED) is 0.750. The molecular weight excluding hydrogens is 292 g/mol. The predicted octanol–water partition coefficient (Wildman–Crippen LogP) is 3.26. The van der Waals surface area contributed by atoms with Gasteiger partial charge in [0.1, 0.15) is 17.3 Å². The van der Waals surface area contributed by atoms with Gasteiger partial charge in [-0.05, 0) is 40.2 Å². The molecule has 2 aromatic heterocycles. The number of rotatable bonds is 1. The van der Waals surface area contributed by atoms with E-state index in [1.165, 1.54) is 0 Å². The topological polar surface area (TPSA) is 65.4 Å². The molecule has 2 heterocycles. The number of fused-ring (bicyclic) bond motifs is 1. The zero-order valence-corrected chi connectivity index (χ0v) is 10.8. The molecule has 3 rings (SSSR count). The maximum atomic E-state index is 9.03. The van der Waals surface area contributed by atoms with E-state index >= 15 is 0 Å². The molecule has 0 spiro atoms. The molecule has 0 atom stereocenters. The van der Waals surface area contributed by atoms with Crippen LogP contribution >= 0.6 is 15.9 Å². The highest BCUT2D eigenvalue weighted by Crippen LogP contribution is 2.22. The molecule has 86 valence electrons. The molecule has 0 fully saturated rings. The number of imidazole rings is 1. The lowest BCUT2D eigenvalue weighted by atomic mass is 10.2. The van der Waals surface area contributed by atoms with E-state index in [1.54, 1.807) is 12.3 Å². The van der Waals surface area contributed by atoms with Crippen LogP contribution in [0.2, 0.25) is 0 Å². The van der Waals surface area contributed by atoms with Gasteiger partial charge in [0.05, 0.1) is 11.1 Å². The van der Waals surface area contributed by atoms with E-state index in [4.69, 9.17) is 5.26 Å². The van der Waals surface area contributed by atoms with Crippen LogP contribution in [0, 0.1) is 11.3 Å². The molecule has 0 unspecified atom stereocenters. The summed E-state index contributed by atoms with van der Waals surface area (Å²) in [5, 5.41) is 9.03. The SMILES string of the molecule is N#Cc1cccc2[nH]c(-c3ccc(Br)cn3)nc12. The van der Waals surface area contributed by atoms with Crippen molar-refractivity contribution in [2.24, 2.45) is 0 Å². The molecule has 0 aliphatic heterocycles. The van der Waals surface area contributed by atoms with Crippen molar-refractivity contribution in [3.63, 3.8) is 0 Å². The number of hydrogen-bond acceptors (Lipinski definition) is 3. The molecule has 5 heteroatoms. The number of nitriles is 1. The Morgan fingerprint density at radius 2 is 2.11 bits per heavy atom. The van der Waals surface area contributed by atoms with E-state index in [9.17, 15) is 0 Å². The molecule has 0 aliphatic rings. The van der Waals surface area contributed by atoms with Gasteiger partial charge in [0.25, 0.3) is 0 Å². The molecule has 4 nitrogen and oxygen atoms in total. The number of para-hydroxylation sites is 1. The number of benzene rings is 1. The summed E-state index contributed by atoms with van der Waals surface area (Å²) in [7, 11) is 0. The first-order valence-corrected chi connectivity index (χ1v) is 6.08. The third-order valence-corrected chi connectivity index (χ3v) is 3.07. The van der Waals surface area contributed by atoms with Crippen molar-refractivity contribution in [1.29, 1.82) is 5.26 Å². The van der Waals surface area contributed by atoms with Crippen molar-refractivity contribution in [3.8, 4) is 17.6 Å². The van der Waals surface area contributed by atoms with E-state index in [2.05, 4.69) is 37.0 Å². The van der Waals surface area contributed by atoms with Crippen LogP contribution in [0.15, 0.2) is 41.0 Å². The van der Waals surface area contributed by atoms with E-state index in [-0.39, 0.29) is 0 Å². The molecule has 0 radical (unpaired) electrons. The van der Waals surface area contributed by atoms with Gasteiger partial charge < -0.3 is 4.98 Å². The molecular formula is C13H7BrN4. The maximum Gasteiger partial charge on any atom is 0.157 e. The summed E-state index contributed by atoms with van der Waals surface area (Å²) in [6.07, 6.45) is 1.72. The molecule has 0 saturated heterocycles. The minimum absolute atomic E-state index is 0.562. The third kappa shape index (κ3) is 1.77. The minimum atomic E-state index is 0.562. The van der Waals surface area contributed by atoms with Crippen LogP contribution in [0.5, 0.6) is 0 Å². The molecule has 0 bridgehead atoms. The zero-order chi connectivity index (χ0) is 12.5. The number of H-pyrrole nitrogens is 1. The maximum absolute atomic E-state index is 9.03. The zero-order valence-electron chi connectivity index (χ0n) is 9.18. The molecule has 1 N–H and O–H groups in total. The lowest BCUT2D eigenvalue weighted by Crippen LogP contribution is -1.84. The molecule has 0 aliphatic carbocycles. The summed E-state index contributed by atoms with van der Waals surface area (Å²) in [4.78, 5) is 11.9. The number of pyridine rings is 1. The first kappa shape index (κ1) is 10.9. The summed E-state index contributed by atoms with van der Waals surface area (Å²) in [5.74, 6) is 0.667. The van der Waals surface area contributed by atoms with Crippen molar-refractivity contribution in [1.82, 2.24) is 15.0 Å². The van der Waals surface area contributed by atoms with Crippen molar-refractivity contribution in [2.75, 3.05) is 0 Å². The second kappa shape index (κ2) is 4.24. The van der Waals surface area contributed by atoms with Gasteiger partial charge in [-0.2, -0.15) is 5.26 Å². The van der Waals surface area contributed by atoms with Crippen LogP contribution in [-0.4, -0.2) is 15.0 Å². The van der Waals surface area contributed by atoms with E-state index < -0.39 is 0 Å². The van der Waals surface area contributed by atoms with Crippen molar-refractivity contribution in [2.45, 2.75) is 0 Å². The van der Waals surface area contributed by atoms with Crippen LogP contribution < -0.4 is 0 Å². The van der Waals surface area contributed by atoms with Gasteiger partial charge in [-0.25, -0.2) is 4.98 Å². The van der Waals surface area contributed by atoms with Gasteiger partial charge in [-0.3, -0.25) is 4.98 Å². The van der Waals surface area contributed by atoms with Gasteiger partial charge in [-0.1, -0.05) is 6.07 Å². The Labute approximate surface area is 111 Å². The number of aromatic nitrogens is 3. The smallest absolute Gasteiger partial charge is 0.157 e. The fourth-order valence-corrected chi connectivity index (χ4v) is 1.99. The summed E-state index contributed by atoms with van der Waals surface area (Å²) < 4.78 is 0.917. The third-order valence-electron chi connectivity index (χ3n) is 2.60. The van der Waals surface area contributed by atoms with Gasteiger partial charge >= 0.3 is 0 Å². The Kier molecular flexibility index (Phi) is 2.58. The lowest BCUT2D eigenvalue weighted by molar-refractivity contribution is 1.23. The number of nitrogens with one attached hydrogen (secondary N) is 1. The minimum Gasteiger partial charge on any atom is -0.337 e. The standard InChI is InChI=1S/C13H7BrN4/c14-9-4-5-11(16-7-9)13-17-10-3-1-2-8(6-15)12(10)18-13/h1-5,7H,(H,17,18). The summed E-state index contributed by atoms with van der Waals surface area (Å²) >= 11 is 3.34. The van der Waals surface area contributed by atoms with Crippen LogP contribution in [0.25, 0.3) is 22.6 Å². The predicted molar refractivity (Wildman–Crippen MR) is 71.7 cm³/mol. The number of halogens is 1. The Balaban J connectivity index is 2.20. The summed E-state index contributed by atoms with van der Waals surface area (Å²) in [6, 6.07) is 11.4. The first-order chi connectivity index (χ1) is 8.78. The van der Waals surface area contributed by atoms with Crippen molar-refractivity contribution >= 4 is 27.0 Å². The second-order valence-electron chi connectivity index (χ2n) is 3.76. The Hall–Kier alpha value is -2.19. The average molecular weight is 299 g/mol. The van der Waals surface area contributed by atoms with Crippen LogP contribution in [0.1, 0.15) is 5.56 Å². The highest BCUT2D eigenvalue weighted by molar-refractivity contribution is 9.10. The largest absolute Gasteiger partial charge is 0.337 e. The Bertz CT molecular complexity index is 753. The van der Waals surface area contributed by atoms with Crippen LogP contribution in [0.3, 0.4) is 0 Å². The fraction of sp³-hybridized carbons (Fsp3) is 0. The van der Waals surface area contributed by atoms with Crippen molar-refractivity contribution in [3.05, 3.63) is 46.6 Å². The van der Waals surface area contributed by atoms with E-state index in [0.29, 0.717) is 16.9 Å². The molecule has 0 amide bonds. The average Bonchev–Trinajstić information content (AvgIpc) is 2.83. The van der Waals surface area contributed by atoms with E-state index in [0.717, 1.165) is 15.7 Å². The number of hydrogen-bond donors (Lipinski definition) is 1. The first-order valence-electron chi connectivity index (χ1n) is 5.28. The Morgan fingerprint density at radius 3 is 2.83 bits per heavy atom. The molecule has 1 aromatic carbocycles. The van der Waals surface area contributed by atoms with Crippen LogP contribution in [-0.2, 0) is 0 Å². The number of aromatic amines is 1. The summed E-state index contributed by atoms with van der Waals surface area (Å²) in [6.45, 7) is 0. The lowest BCUT2D eigenvalue weighted by Gasteiger charge is -1.94. The van der Waals surface area contributed by atoms with Gasteiger partial charge in [0, 0.05) is 10.7 Å². The van der Waals surface area contributed by atoms with Gasteiger partial charge in [-0.15, -0.1) is 0 Å². The fourth-order valence-electron chi connectivity index (χ4n) is 1.76. The van der Waals surface area contributed by atoms with Gasteiger partial charge in [0.15, 0.2) is 5.82 Å². The second-order valence-corrected chi connectivity index (χ2v) is 4.68. The highest BCUT2D eigenvalue weighted by atomic mass is 79.9. The van der Waals surface area contributed by atoms with Gasteiger partial charge in [0.2, 0.25) is 0 Å². The van der Waals surface area contributed by atoms with E-state index in [1.807, 2.05) is 24.3 Å². The summed E-state index contributed by atoms with van der Waals surface area (Å²) in [5.41, 5.74) is 2.83. The molecule has 3 aromatic rings.